The molecule has 6 aromatic rings. The fourth-order valence-electron chi connectivity index (χ4n) is 11.8. The predicted octanol–water partition coefficient (Wildman–Crippen LogP) is 4.45. The van der Waals surface area contributed by atoms with Crippen LogP contribution in [-0.2, 0) is 56.7 Å². The molecule has 2 heterocycles. The van der Waals surface area contributed by atoms with E-state index in [1.165, 1.54) is 71.9 Å². The molecule has 2 aliphatic heterocycles. The van der Waals surface area contributed by atoms with Crippen molar-refractivity contribution in [1.29, 1.82) is 0 Å². The maximum absolute atomic E-state index is 13.4. The molecule has 392 valence electrons. The number of fused-ring (bicyclic) bond motifs is 2. The monoisotopic (exact) mass is 1350 g/mol. The van der Waals surface area contributed by atoms with Crippen LogP contribution in [0.4, 0.5) is 13.6 Å². The topological polar surface area (TPSA) is 149 Å². The van der Waals surface area contributed by atoms with E-state index in [0.717, 1.165) is 119 Å². The molecule has 0 bridgehead atoms. The third-order valence-corrected chi connectivity index (χ3v) is 16.3. The van der Waals surface area contributed by atoms with Gasteiger partial charge in [-0.1, -0.05) is 101 Å². The smallest absolute Gasteiger partial charge is 0.565 e. The summed E-state index contributed by atoms with van der Waals surface area (Å²) in [6.45, 7) is 6.33. The normalized spacial score (nSPS) is 17.7. The molecule has 2 saturated carbocycles. The second-order valence-electron chi connectivity index (χ2n) is 21.5. The van der Waals surface area contributed by atoms with Crippen LogP contribution in [-0.4, -0.2) is 91.6 Å². The number of alkyl halides is 1. The zero-order valence-corrected chi connectivity index (χ0v) is 58.4. The van der Waals surface area contributed by atoms with Gasteiger partial charge >= 0.3 is 150 Å². The summed E-state index contributed by atoms with van der Waals surface area (Å²) in [5, 5.41) is 25.5. The van der Waals surface area contributed by atoms with Crippen LogP contribution < -0.4 is 148 Å². The summed E-state index contributed by atoms with van der Waals surface area (Å²) in [5.74, 6) is 0.580. The molecule has 6 aromatic carbocycles. The van der Waals surface area contributed by atoms with Crippen molar-refractivity contribution < 1.29 is 190 Å². The number of benzene rings is 6. The van der Waals surface area contributed by atoms with Crippen LogP contribution in [0.3, 0.4) is 0 Å². The average Bonchev–Trinajstić information content (AvgIpc) is 4.37. The van der Waals surface area contributed by atoms with Gasteiger partial charge in [-0.05, 0) is 156 Å². The summed E-state index contributed by atoms with van der Waals surface area (Å²) in [4.78, 5) is 37.4. The van der Waals surface area contributed by atoms with Crippen LogP contribution in [0.2, 0.25) is 0 Å². The summed E-state index contributed by atoms with van der Waals surface area (Å²) in [6, 6.07) is 42.2. The van der Waals surface area contributed by atoms with E-state index in [-0.39, 0.29) is 172 Å². The molecule has 0 unspecified atom stereocenters. The summed E-state index contributed by atoms with van der Waals surface area (Å²) in [6.07, 6.45) is 6.27. The van der Waals surface area contributed by atoms with Gasteiger partial charge in [0.2, 0.25) is 6.16 Å². The number of hydrogen-bond donors (Lipinski definition) is 2. The van der Waals surface area contributed by atoms with E-state index in [0.29, 0.717) is 28.5 Å². The Morgan fingerprint density at radius 1 is 0.571 bits per heavy atom. The third kappa shape index (κ3) is 15.7. The van der Waals surface area contributed by atoms with Gasteiger partial charge in [-0.15, -0.1) is 0 Å². The minimum atomic E-state index is -2.08. The number of ether oxygens (including phenoxy) is 3. The summed E-state index contributed by atoms with van der Waals surface area (Å²) >= 11 is 3.22. The number of phenols is 1. The maximum Gasteiger partial charge on any atom is 1.00 e. The molecular weight excluding hydrogens is 1290 g/mol. The molecular formula is C61H62BrCs2F2N2O9+. The van der Waals surface area contributed by atoms with Gasteiger partial charge in [0.25, 0.3) is 0 Å². The van der Waals surface area contributed by atoms with Crippen LogP contribution in [0, 0.1) is 33.3 Å². The molecule has 2 spiro atoms. The van der Waals surface area contributed by atoms with Crippen molar-refractivity contribution in [2.24, 2.45) is 21.7 Å². The largest absolute Gasteiger partial charge is 1.00 e. The van der Waals surface area contributed by atoms with Gasteiger partial charge in [0.15, 0.2) is 0 Å². The van der Waals surface area contributed by atoms with Gasteiger partial charge in [0.1, 0.15) is 29.7 Å². The molecule has 2 N–H and O–H groups in total. The van der Waals surface area contributed by atoms with Crippen LogP contribution in [0.5, 0.6) is 11.5 Å². The molecule has 6 aliphatic rings. The van der Waals surface area contributed by atoms with Crippen LogP contribution in [0.25, 0.3) is 22.3 Å². The fraction of sp³-hybridized carbons (Fsp3) is 0.361. The molecule has 4 aliphatic carbocycles. The summed E-state index contributed by atoms with van der Waals surface area (Å²) in [5.41, 5.74) is 12.6. The van der Waals surface area contributed by atoms with Gasteiger partial charge in [-0.3, -0.25) is 9.59 Å². The summed E-state index contributed by atoms with van der Waals surface area (Å²) < 4.78 is 41.5. The Hall–Kier alpha value is -2.51. The zero-order chi connectivity index (χ0) is 53.0. The van der Waals surface area contributed by atoms with E-state index < -0.39 is 6.16 Å². The Morgan fingerprint density at radius 2 is 0.961 bits per heavy atom. The van der Waals surface area contributed by atoms with Crippen LogP contribution >= 0.6 is 15.9 Å². The van der Waals surface area contributed by atoms with E-state index in [1.807, 2.05) is 36.4 Å². The minimum Gasteiger partial charge on any atom is -0.565 e. The van der Waals surface area contributed by atoms with Gasteiger partial charge in [0.05, 0.1) is 25.0 Å². The Kier molecular flexibility index (Phi) is 21.8. The quantitative estimate of drug-likeness (QED) is 0.132. The number of carbonyl (C=O) groups excluding carboxylic acids is 2. The van der Waals surface area contributed by atoms with Gasteiger partial charge < -0.3 is 44.1 Å². The molecule has 0 radical (unpaired) electrons. The van der Waals surface area contributed by atoms with Crippen LogP contribution in [0.15, 0.2) is 133 Å². The first-order chi connectivity index (χ1) is 36.0. The number of rotatable bonds is 12. The average molecular weight is 1350 g/mol. The fourth-order valence-corrected chi connectivity index (χ4v) is 12.1. The van der Waals surface area contributed by atoms with Crippen molar-refractivity contribution in [2.75, 3.05) is 53.5 Å². The molecule has 0 aromatic heterocycles. The van der Waals surface area contributed by atoms with E-state index >= 15 is 0 Å². The first-order valence-electron chi connectivity index (χ1n) is 25.4. The number of carboxylic acid groups (broad SMARTS) is 2. The Labute approximate surface area is 575 Å². The molecule has 0 atom stereocenters. The minimum absolute atomic E-state index is 0. The molecule has 77 heavy (non-hydrogen) atoms. The number of carbonyl (C=O) groups is 3. The number of methoxy groups -OCH3 is 2. The van der Waals surface area contributed by atoms with Crippen molar-refractivity contribution >= 4 is 34.0 Å². The van der Waals surface area contributed by atoms with Gasteiger partial charge in [-0.25, -0.2) is 8.78 Å². The zero-order valence-electron chi connectivity index (χ0n) is 44.3. The van der Waals surface area contributed by atoms with Crippen LogP contribution in [0.1, 0.15) is 59.1 Å². The Balaban J connectivity index is 0.000000181. The van der Waals surface area contributed by atoms with Crippen molar-refractivity contribution in [3.05, 3.63) is 178 Å². The molecule has 2 saturated heterocycles. The van der Waals surface area contributed by atoms with Gasteiger partial charge in [0, 0.05) is 55.4 Å². The number of aromatic hydroxyl groups is 1. The number of hydrogen-bond acceptors (Lipinski definition) is 10. The second kappa shape index (κ2) is 27.0. The standard InChI is InChI=1S/C30H30FNO3.C23H25NO3.C7H6BrF.CH2O3.2Cs/c1-34-28(33)30(11-12-30)20-32-18-29(19-32)15-24-6-5-23(14-25(24)16-29)22-7-9-27(10-8-22)35-17-21-3-2-4-26(31)13-21;1-27-21(26)23(8-9-23)15-24-13-22(14-24)11-18-3-2-17(10-19(18)12-22)16-4-6-20(25)7-5-16;8-5-6-2-1-3-7(9)4-6;2-1(3)4;;/h2-10,13-14H,11-12,15-20H2,1H3;2-7,10,25H,8-9,11-15H2,1H3;1-4H,5H2;(H2,2,3,4);;/q;;;;2*+1/p-1. The van der Waals surface area contributed by atoms with E-state index in [1.54, 1.807) is 24.3 Å². The van der Waals surface area contributed by atoms with E-state index in [9.17, 15) is 23.5 Å². The molecule has 4 fully saturated rings. The van der Waals surface area contributed by atoms with Gasteiger partial charge in [-0.2, -0.15) is 0 Å². The second-order valence-corrected chi connectivity index (χ2v) is 22.1. The molecule has 11 nitrogen and oxygen atoms in total. The Morgan fingerprint density at radius 3 is 1.35 bits per heavy atom. The van der Waals surface area contributed by atoms with Crippen molar-refractivity contribution in [1.82, 2.24) is 9.80 Å². The number of likely N-dealkylation sites (tertiary alicyclic amines) is 2. The predicted molar refractivity (Wildman–Crippen MR) is 283 cm³/mol. The number of halogens is 3. The van der Waals surface area contributed by atoms with Crippen molar-refractivity contribution in [2.45, 2.75) is 63.3 Å². The van der Waals surface area contributed by atoms with E-state index in [2.05, 4.69) is 74.3 Å². The van der Waals surface area contributed by atoms with E-state index in [4.69, 9.17) is 29.2 Å². The van der Waals surface area contributed by atoms with Crippen molar-refractivity contribution in [3.8, 4) is 33.8 Å². The Bertz CT molecular complexity index is 3030. The molecule has 0 amide bonds. The third-order valence-electron chi connectivity index (χ3n) is 15.6. The SMILES string of the molecule is COC(=O)C1(CN2CC3(Cc4ccc(-c5ccc(O)cc5)cc4C3)C2)CC1.COC(=O)C1(CN2CC3(Cc4ccc(-c5ccc(OCc6cccc(F)c6)cc5)cc4C3)C2)CC1.Fc1cccc(CBr)c1.O=C([O-])O.[Cs+].[Cs+]. The molecule has 12 rings (SSSR count). The number of nitrogens with zero attached hydrogens (tertiary/aromatic N) is 2. The first kappa shape index (κ1) is 62.1. The number of phenolic OH excluding ortho intramolecular Hbond substituents is 1. The summed E-state index contributed by atoms with van der Waals surface area (Å²) in [7, 11) is 3.00. The first-order valence-corrected chi connectivity index (χ1v) is 26.5. The molecule has 16 heteroatoms. The maximum atomic E-state index is 13.4. The number of esters is 2. The van der Waals surface area contributed by atoms with Crippen molar-refractivity contribution in [3.63, 3.8) is 0 Å².